The Hall–Kier alpha value is -2.37. The van der Waals surface area contributed by atoms with Crippen molar-refractivity contribution in [1.29, 1.82) is 0 Å². The number of amides is 1. The summed E-state index contributed by atoms with van der Waals surface area (Å²) in [4.78, 5) is 15.4. The summed E-state index contributed by atoms with van der Waals surface area (Å²) in [6.07, 6.45) is 4.52. The molecule has 0 bridgehead atoms. The Labute approximate surface area is 179 Å². The number of nitrogens with one attached hydrogen (secondary N) is 1. The molecule has 160 valence electrons. The monoisotopic (exact) mass is 408 g/mol. The van der Waals surface area contributed by atoms with E-state index in [0.717, 1.165) is 57.0 Å². The van der Waals surface area contributed by atoms with Crippen LogP contribution in [0.3, 0.4) is 0 Å². The molecule has 30 heavy (non-hydrogen) atoms. The fourth-order valence-corrected chi connectivity index (χ4v) is 4.86. The first-order valence-corrected chi connectivity index (χ1v) is 11.0. The number of hydrogen-bond donors (Lipinski definition) is 1. The zero-order chi connectivity index (χ0) is 20.8. The molecule has 4 rings (SSSR count). The maximum absolute atomic E-state index is 13.0. The van der Waals surface area contributed by atoms with Gasteiger partial charge in [-0.05, 0) is 36.6 Å². The zero-order valence-electron chi connectivity index (χ0n) is 17.9. The lowest BCUT2D eigenvalue weighted by atomic mass is 9.78. The molecule has 0 spiro atoms. The molecule has 2 aliphatic rings. The highest BCUT2D eigenvalue weighted by Crippen LogP contribution is 2.44. The maximum atomic E-state index is 13.0. The van der Waals surface area contributed by atoms with Gasteiger partial charge in [0.2, 0.25) is 0 Å². The number of rotatable bonds is 7. The smallest absolute Gasteiger partial charge is 0.251 e. The fourth-order valence-electron chi connectivity index (χ4n) is 4.86. The van der Waals surface area contributed by atoms with Crippen molar-refractivity contribution in [2.45, 2.75) is 37.6 Å². The number of ether oxygens (including phenoxy) is 2. The molecule has 1 saturated heterocycles. The van der Waals surface area contributed by atoms with Gasteiger partial charge in [0, 0.05) is 42.7 Å². The number of para-hydroxylation sites is 1. The highest BCUT2D eigenvalue weighted by Gasteiger charge is 2.38. The van der Waals surface area contributed by atoms with Gasteiger partial charge in [-0.1, -0.05) is 43.2 Å². The lowest BCUT2D eigenvalue weighted by molar-refractivity contribution is 0.0342. The third kappa shape index (κ3) is 4.68. The van der Waals surface area contributed by atoms with Gasteiger partial charge in [0.05, 0.1) is 20.3 Å². The van der Waals surface area contributed by atoms with Gasteiger partial charge in [-0.3, -0.25) is 9.69 Å². The summed E-state index contributed by atoms with van der Waals surface area (Å²) in [7, 11) is 1.72. The van der Waals surface area contributed by atoms with Crippen molar-refractivity contribution in [3.63, 3.8) is 0 Å². The Morgan fingerprint density at radius 1 is 1.10 bits per heavy atom. The van der Waals surface area contributed by atoms with Crippen LogP contribution < -0.4 is 10.1 Å². The first-order valence-electron chi connectivity index (χ1n) is 11.0. The van der Waals surface area contributed by atoms with E-state index in [-0.39, 0.29) is 11.3 Å². The van der Waals surface area contributed by atoms with Crippen molar-refractivity contribution in [2.24, 2.45) is 0 Å². The second-order valence-electron chi connectivity index (χ2n) is 8.46. The first kappa shape index (κ1) is 20.9. The van der Waals surface area contributed by atoms with Gasteiger partial charge < -0.3 is 14.8 Å². The molecule has 2 aromatic rings. The van der Waals surface area contributed by atoms with Crippen LogP contribution in [0.1, 0.15) is 47.2 Å². The Kier molecular flexibility index (Phi) is 6.70. The molecule has 1 aliphatic carbocycles. The molecule has 5 nitrogen and oxygen atoms in total. The Morgan fingerprint density at radius 3 is 2.63 bits per heavy atom. The van der Waals surface area contributed by atoms with Crippen LogP contribution in [-0.4, -0.2) is 50.8 Å². The van der Waals surface area contributed by atoms with Crippen LogP contribution in [0.4, 0.5) is 0 Å². The van der Waals surface area contributed by atoms with Crippen LogP contribution in [0.2, 0.25) is 0 Å². The molecule has 1 aliphatic heterocycles. The predicted octanol–water partition coefficient (Wildman–Crippen LogP) is 3.77. The molecule has 2 fully saturated rings. The molecule has 1 amide bonds. The summed E-state index contributed by atoms with van der Waals surface area (Å²) in [5.41, 5.74) is 3.07. The number of morpholine rings is 1. The molecule has 1 heterocycles. The molecule has 5 heteroatoms. The predicted molar refractivity (Wildman–Crippen MR) is 118 cm³/mol. The van der Waals surface area contributed by atoms with E-state index in [9.17, 15) is 4.79 Å². The summed E-state index contributed by atoms with van der Waals surface area (Å²) in [6.45, 7) is 4.95. The van der Waals surface area contributed by atoms with Crippen molar-refractivity contribution >= 4 is 5.91 Å². The van der Waals surface area contributed by atoms with Crippen LogP contribution in [0, 0.1) is 0 Å². The minimum absolute atomic E-state index is 0.000000420. The standard InChI is InChI=1S/C25H32N2O3/c1-29-23-10-3-2-9-22(23)25(11-4-5-12-25)19-26-24(28)21-8-6-7-20(17-21)18-27-13-15-30-16-14-27/h2-3,6-10,17H,4-5,11-16,18-19H2,1H3,(H,26,28). The van der Waals surface area contributed by atoms with Gasteiger partial charge in [0.1, 0.15) is 5.75 Å². The van der Waals surface area contributed by atoms with Crippen molar-refractivity contribution in [1.82, 2.24) is 10.2 Å². The SMILES string of the molecule is COc1ccccc1C1(CNC(=O)c2cccc(CN3CCOCC3)c2)CCCC1. The van der Waals surface area contributed by atoms with Crippen molar-refractivity contribution < 1.29 is 14.3 Å². The molecule has 0 radical (unpaired) electrons. The van der Waals surface area contributed by atoms with Crippen molar-refractivity contribution in [2.75, 3.05) is 40.0 Å². The van der Waals surface area contributed by atoms with Crippen LogP contribution >= 0.6 is 0 Å². The van der Waals surface area contributed by atoms with Gasteiger partial charge in [-0.15, -0.1) is 0 Å². The Bertz CT molecular complexity index is 855. The topological polar surface area (TPSA) is 50.8 Å². The fraction of sp³-hybridized carbons (Fsp3) is 0.480. The van der Waals surface area contributed by atoms with Gasteiger partial charge in [-0.2, -0.15) is 0 Å². The summed E-state index contributed by atoms with van der Waals surface area (Å²) < 4.78 is 11.1. The van der Waals surface area contributed by atoms with E-state index < -0.39 is 0 Å². The Balaban J connectivity index is 1.45. The van der Waals surface area contributed by atoms with Crippen LogP contribution in [0.5, 0.6) is 5.75 Å². The van der Waals surface area contributed by atoms with E-state index in [2.05, 4.69) is 28.4 Å². The van der Waals surface area contributed by atoms with Gasteiger partial charge in [-0.25, -0.2) is 0 Å². The number of nitrogens with zero attached hydrogens (tertiary/aromatic N) is 1. The molecule has 1 N–H and O–H groups in total. The molecule has 0 aromatic heterocycles. The molecule has 0 atom stereocenters. The molecular formula is C25H32N2O3. The summed E-state index contributed by atoms with van der Waals surface area (Å²) >= 11 is 0. The lowest BCUT2D eigenvalue weighted by Gasteiger charge is -2.31. The zero-order valence-corrected chi connectivity index (χ0v) is 17.9. The summed E-state index contributed by atoms with van der Waals surface area (Å²) in [5, 5.41) is 3.23. The highest BCUT2D eigenvalue weighted by molar-refractivity contribution is 5.94. The second-order valence-corrected chi connectivity index (χ2v) is 8.46. The normalized spacial score (nSPS) is 18.8. The van der Waals surface area contributed by atoms with Gasteiger partial charge in [0.25, 0.3) is 5.91 Å². The molecule has 1 saturated carbocycles. The summed E-state index contributed by atoms with van der Waals surface area (Å²) in [6, 6.07) is 16.2. The minimum Gasteiger partial charge on any atom is -0.496 e. The van der Waals surface area contributed by atoms with E-state index in [4.69, 9.17) is 9.47 Å². The first-order chi connectivity index (χ1) is 14.7. The number of methoxy groups -OCH3 is 1. The van der Waals surface area contributed by atoms with Crippen LogP contribution in [-0.2, 0) is 16.7 Å². The third-order valence-corrected chi connectivity index (χ3v) is 6.53. The van der Waals surface area contributed by atoms with E-state index in [1.54, 1.807) is 7.11 Å². The third-order valence-electron chi connectivity index (χ3n) is 6.53. The van der Waals surface area contributed by atoms with E-state index in [1.807, 2.05) is 30.3 Å². The minimum atomic E-state index is -0.0479. The van der Waals surface area contributed by atoms with E-state index in [0.29, 0.717) is 6.54 Å². The number of carbonyl (C=O) groups is 1. The molecular weight excluding hydrogens is 376 g/mol. The summed E-state index contributed by atoms with van der Waals surface area (Å²) in [5.74, 6) is 0.918. The number of carbonyl (C=O) groups excluding carboxylic acids is 1. The van der Waals surface area contributed by atoms with Crippen molar-refractivity contribution in [3.05, 3.63) is 65.2 Å². The largest absolute Gasteiger partial charge is 0.496 e. The van der Waals surface area contributed by atoms with Gasteiger partial charge >= 0.3 is 0 Å². The molecule has 0 unspecified atom stereocenters. The average molecular weight is 409 g/mol. The van der Waals surface area contributed by atoms with E-state index >= 15 is 0 Å². The second kappa shape index (κ2) is 9.63. The maximum Gasteiger partial charge on any atom is 0.251 e. The number of benzene rings is 2. The van der Waals surface area contributed by atoms with Gasteiger partial charge in [0.15, 0.2) is 0 Å². The van der Waals surface area contributed by atoms with Crippen molar-refractivity contribution in [3.8, 4) is 5.75 Å². The quantitative estimate of drug-likeness (QED) is 0.758. The Morgan fingerprint density at radius 2 is 1.87 bits per heavy atom. The van der Waals surface area contributed by atoms with E-state index in [1.165, 1.54) is 24.0 Å². The lowest BCUT2D eigenvalue weighted by Crippen LogP contribution is -2.39. The average Bonchev–Trinajstić information content (AvgIpc) is 3.28. The van der Waals surface area contributed by atoms with Crippen LogP contribution in [0.25, 0.3) is 0 Å². The molecule has 2 aromatic carbocycles. The number of hydrogen-bond acceptors (Lipinski definition) is 4. The highest BCUT2D eigenvalue weighted by atomic mass is 16.5. The van der Waals surface area contributed by atoms with Crippen LogP contribution in [0.15, 0.2) is 48.5 Å².